The third-order valence-corrected chi connectivity index (χ3v) is 22.9. The molecule has 108 heavy (non-hydrogen) atoms. The quantitative estimate of drug-likeness (QED) is 0.0169. The second-order valence-corrected chi connectivity index (χ2v) is 35.2. The van der Waals surface area contributed by atoms with Crippen molar-refractivity contribution in [1.29, 1.82) is 0 Å². The number of esters is 4. The van der Waals surface area contributed by atoms with Crippen molar-refractivity contribution >= 4 is 39.5 Å². The Kier molecular flexibility index (Phi) is 76.6. The Hall–Kier alpha value is -2.46. The van der Waals surface area contributed by atoms with E-state index in [1.54, 1.807) is 0 Å². The molecule has 0 amide bonds. The lowest BCUT2D eigenvalue weighted by molar-refractivity contribution is -0.161. The summed E-state index contributed by atoms with van der Waals surface area (Å²) >= 11 is 0. The van der Waals surface area contributed by atoms with E-state index in [1.165, 1.54) is 238 Å². The first-order valence-electron chi connectivity index (χ1n) is 45.2. The summed E-state index contributed by atoms with van der Waals surface area (Å²) in [5, 5.41) is 10.7. The van der Waals surface area contributed by atoms with Crippen LogP contribution in [0.1, 0.15) is 447 Å². The van der Waals surface area contributed by atoms with Crippen LogP contribution < -0.4 is 0 Å². The third-order valence-electron chi connectivity index (χ3n) is 21.0. The smallest absolute Gasteiger partial charge is 0.462 e. The van der Waals surface area contributed by atoms with E-state index in [-0.39, 0.29) is 25.7 Å². The van der Waals surface area contributed by atoms with E-state index in [4.69, 9.17) is 37.0 Å². The molecule has 4 unspecified atom stereocenters. The number of carbonyl (C=O) groups is 4. The van der Waals surface area contributed by atoms with Crippen LogP contribution in [-0.2, 0) is 65.4 Å². The third kappa shape index (κ3) is 78.8. The maximum Gasteiger partial charge on any atom is 0.472 e. The van der Waals surface area contributed by atoms with E-state index >= 15 is 0 Å². The van der Waals surface area contributed by atoms with Crippen molar-refractivity contribution in [3.05, 3.63) is 24.3 Å². The number of hydrogen-bond acceptors (Lipinski definition) is 15. The number of phosphoric ester groups is 2. The average Bonchev–Trinajstić information content (AvgIpc) is 0.900. The molecule has 0 fully saturated rings. The van der Waals surface area contributed by atoms with Crippen LogP contribution in [0.3, 0.4) is 0 Å². The van der Waals surface area contributed by atoms with Gasteiger partial charge in [0.05, 0.1) is 26.4 Å². The molecule has 0 radical (unpaired) electrons. The normalized spacial score (nSPS) is 14.5. The molecule has 0 saturated heterocycles. The van der Waals surface area contributed by atoms with Crippen LogP contribution >= 0.6 is 15.6 Å². The summed E-state index contributed by atoms with van der Waals surface area (Å²) in [4.78, 5) is 73.3. The molecule has 0 aliphatic carbocycles. The highest BCUT2D eigenvalue weighted by Crippen LogP contribution is 2.45. The van der Waals surface area contributed by atoms with E-state index in [2.05, 4.69) is 72.8 Å². The van der Waals surface area contributed by atoms with Gasteiger partial charge in [-0.1, -0.05) is 394 Å². The topological polar surface area (TPSA) is 237 Å². The van der Waals surface area contributed by atoms with Crippen molar-refractivity contribution in [1.82, 2.24) is 0 Å². The van der Waals surface area contributed by atoms with Gasteiger partial charge < -0.3 is 33.8 Å². The second-order valence-electron chi connectivity index (χ2n) is 32.3. The predicted octanol–water partition coefficient (Wildman–Crippen LogP) is 26.8. The summed E-state index contributed by atoms with van der Waals surface area (Å²) in [6.07, 6.45) is 73.1. The minimum Gasteiger partial charge on any atom is -0.462 e. The lowest BCUT2D eigenvalue weighted by Gasteiger charge is -2.21. The predicted molar refractivity (Wildman–Crippen MR) is 446 cm³/mol. The highest BCUT2D eigenvalue weighted by Gasteiger charge is 2.31. The summed E-state index contributed by atoms with van der Waals surface area (Å²) in [5.74, 6) is 0.285. The van der Waals surface area contributed by atoms with Crippen molar-refractivity contribution < 1.29 is 80.2 Å². The van der Waals surface area contributed by atoms with Gasteiger partial charge in [-0.25, -0.2) is 9.13 Å². The highest BCUT2D eigenvalue weighted by atomic mass is 31.2. The fourth-order valence-corrected chi connectivity index (χ4v) is 14.9. The first kappa shape index (κ1) is 106. The molecule has 0 heterocycles. The van der Waals surface area contributed by atoms with Crippen LogP contribution in [0.5, 0.6) is 0 Å². The lowest BCUT2D eigenvalue weighted by Crippen LogP contribution is -2.30. The zero-order valence-corrected chi connectivity index (χ0v) is 72.6. The molecule has 0 aromatic heterocycles. The molecule has 0 aromatic rings. The van der Waals surface area contributed by atoms with Crippen molar-refractivity contribution in [2.24, 2.45) is 17.8 Å². The van der Waals surface area contributed by atoms with Gasteiger partial charge in [-0.05, 0) is 69.1 Å². The number of unbranched alkanes of at least 4 members (excludes halogenated alkanes) is 48. The lowest BCUT2D eigenvalue weighted by atomic mass is 9.99. The molecule has 19 heteroatoms. The molecule has 7 atom stereocenters. The molecule has 17 nitrogen and oxygen atoms in total. The van der Waals surface area contributed by atoms with Crippen LogP contribution in [-0.4, -0.2) is 96.7 Å². The Bertz CT molecular complexity index is 2180. The molecule has 0 aliphatic rings. The first-order valence-corrected chi connectivity index (χ1v) is 48.2. The van der Waals surface area contributed by atoms with E-state index in [0.717, 1.165) is 127 Å². The molecular weight excluding hydrogens is 1400 g/mol. The van der Waals surface area contributed by atoms with Gasteiger partial charge in [0.2, 0.25) is 0 Å². The summed E-state index contributed by atoms with van der Waals surface area (Å²) in [5.41, 5.74) is 0. The SMILES string of the molecule is CCCCCC/C=C\C=C/CCCCCCCC(=O)O[C@H](COC(=O)CCCCCCCCC(C)CC)COP(=O)(O)OC[C@H](O)COP(=O)(O)OC[C@@H](COC(=O)CCCCCCCCCCCCCCCCCCCCC(C)C)OC(=O)CCCCCCCCCCCCCCCCCCCCC(C)CC. The summed E-state index contributed by atoms with van der Waals surface area (Å²) in [7, 11) is -9.94. The Labute approximate surface area is 663 Å². The van der Waals surface area contributed by atoms with Gasteiger partial charge in [-0.15, -0.1) is 0 Å². The largest absolute Gasteiger partial charge is 0.472 e. The minimum atomic E-state index is -4.97. The Morgan fingerprint density at radius 3 is 0.824 bits per heavy atom. The van der Waals surface area contributed by atoms with Gasteiger partial charge in [0.15, 0.2) is 12.2 Å². The number of hydrogen-bond donors (Lipinski definition) is 3. The van der Waals surface area contributed by atoms with Crippen molar-refractivity contribution in [3.8, 4) is 0 Å². The van der Waals surface area contributed by atoms with Gasteiger partial charge in [-0.2, -0.15) is 0 Å². The van der Waals surface area contributed by atoms with Crippen molar-refractivity contribution in [2.75, 3.05) is 39.6 Å². The Morgan fingerprint density at radius 2 is 0.546 bits per heavy atom. The Morgan fingerprint density at radius 1 is 0.306 bits per heavy atom. The number of ether oxygens (including phenoxy) is 4. The van der Waals surface area contributed by atoms with Crippen LogP contribution in [0.2, 0.25) is 0 Å². The maximum atomic E-state index is 13.2. The number of rotatable bonds is 85. The minimum absolute atomic E-state index is 0.0842. The van der Waals surface area contributed by atoms with E-state index < -0.39 is 97.5 Å². The zero-order chi connectivity index (χ0) is 79.3. The fraction of sp³-hybridized carbons (Fsp3) is 0.910. The Balaban J connectivity index is 5.25. The average molecular weight is 1570 g/mol. The molecule has 0 aliphatic heterocycles. The molecule has 3 N–H and O–H groups in total. The van der Waals surface area contributed by atoms with Gasteiger partial charge >= 0.3 is 39.5 Å². The van der Waals surface area contributed by atoms with Gasteiger partial charge in [-0.3, -0.25) is 37.3 Å². The number of phosphoric acid groups is 2. The molecular formula is C89H170O17P2. The molecule has 0 spiro atoms. The van der Waals surface area contributed by atoms with E-state index in [9.17, 15) is 43.2 Å². The molecule has 0 aromatic carbocycles. The summed E-state index contributed by atoms with van der Waals surface area (Å²) in [6, 6.07) is 0. The standard InChI is InChI=1S/C89H170O17P2/c1-8-11-12-13-14-15-16-17-26-34-39-44-49-58-65-73-89(94)106-85(77-100-87(92)71-64-57-52-51-55-62-69-82(7)10-3)79-104-108(97,98)102-75-83(90)74-101-107(95,96)103-78-84(76-99-86(91)70-63-56-48-43-38-33-29-24-20-18-22-27-31-36-41-46-53-60-67-80(4)5)105-88(93)72-66-59-50-45-40-35-30-25-21-19-23-28-32-37-42-47-54-61-68-81(6)9-2/h15-17,26,80-85,90H,8-14,18-25,27-79H2,1-7H3,(H,95,96)(H,97,98)/b16-15-,26-17-/t81?,82?,83-,84-,85-/m1/s1. The molecule has 0 bridgehead atoms. The molecule has 0 rings (SSSR count). The number of aliphatic hydroxyl groups is 1. The number of aliphatic hydroxyl groups excluding tert-OH is 1. The van der Waals surface area contributed by atoms with Gasteiger partial charge in [0, 0.05) is 25.7 Å². The van der Waals surface area contributed by atoms with Gasteiger partial charge in [0.1, 0.15) is 19.3 Å². The molecule has 638 valence electrons. The highest BCUT2D eigenvalue weighted by molar-refractivity contribution is 7.47. The fourth-order valence-electron chi connectivity index (χ4n) is 13.3. The number of allylic oxidation sites excluding steroid dienone is 4. The molecule has 0 saturated carbocycles. The summed E-state index contributed by atoms with van der Waals surface area (Å²) in [6.45, 7) is 12.0. The first-order chi connectivity index (χ1) is 52.3. The second kappa shape index (κ2) is 78.4. The van der Waals surface area contributed by atoms with Gasteiger partial charge in [0.25, 0.3) is 0 Å². The maximum absolute atomic E-state index is 13.2. The zero-order valence-electron chi connectivity index (χ0n) is 70.8. The van der Waals surface area contributed by atoms with Crippen molar-refractivity contribution in [3.63, 3.8) is 0 Å². The van der Waals surface area contributed by atoms with E-state index in [1.807, 2.05) is 0 Å². The van der Waals surface area contributed by atoms with E-state index in [0.29, 0.717) is 25.7 Å². The number of carbonyl (C=O) groups excluding carboxylic acids is 4. The van der Waals surface area contributed by atoms with Crippen LogP contribution in [0.15, 0.2) is 24.3 Å². The van der Waals surface area contributed by atoms with Crippen LogP contribution in [0.4, 0.5) is 0 Å². The van der Waals surface area contributed by atoms with Crippen molar-refractivity contribution in [2.45, 2.75) is 465 Å². The van der Waals surface area contributed by atoms with Crippen LogP contribution in [0.25, 0.3) is 0 Å². The van der Waals surface area contributed by atoms with Crippen LogP contribution in [0, 0.1) is 17.8 Å². The summed E-state index contributed by atoms with van der Waals surface area (Å²) < 4.78 is 68.9. The monoisotopic (exact) mass is 1570 g/mol.